The van der Waals surface area contributed by atoms with E-state index in [4.69, 9.17) is 19.7 Å². The molecule has 1 aliphatic carbocycles. The SMILES string of the molecule is CC1=Nc2cc(-c3ccc4c(c3)CN(c3nc([C@H]5CCCN5)nc5c3CC(C)(C)CC5)CCO4)cnc2C1. The number of aryl methyl sites for hydroxylation is 1. The number of aliphatic imine (C=N–C) groups is 1. The van der Waals surface area contributed by atoms with Crippen LogP contribution in [0.1, 0.15) is 74.4 Å². The number of aromatic nitrogens is 3. The number of ether oxygens (including phenoxy) is 1. The van der Waals surface area contributed by atoms with E-state index in [0.29, 0.717) is 6.61 Å². The molecule has 7 rings (SSSR count). The third-order valence-corrected chi connectivity index (χ3v) is 8.51. The monoisotopic (exact) mass is 508 g/mol. The molecular formula is C31H36N6O. The first-order valence-corrected chi connectivity index (χ1v) is 14.1. The van der Waals surface area contributed by atoms with Gasteiger partial charge in [-0.1, -0.05) is 19.9 Å². The summed E-state index contributed by atoms with van der Waals surface area (Å²) < 4.78 is 6.26. The molecular weight excluding hydrogens is 472 g/mol. The zero-order valence-corrected chi connectivity index (χ0v) is 22.7. The lowest BCUT2D eigenvalue weighted by molar-refractivity contribution is 0.310. The van der Waals surface area contributed by atoms with Crippen LogP contribution in [0.4, 0.5) is 11.5 Å². The highest BCUT2D eigenvalue weighted by atomic mass is 16.5. The molecule has 38 heavy (non-hydrogen) atoms. The molecule has 0 unspecified atom stereocenters. The molecule has 0 radical (unpaired) electrons. The van der Waals surface area contributed by atoms with Crippen molar-refractivity contribution in [1.29, 1.82) is 0 Å². The number of fused-ring (bicyclic) bond motifs is 3. The van der Waals surface area contributed by atoms with E-state index in [-0.39, 0.29) is 11.5 Å². The van der Waals surface area contributed by atoms with Gasteiger partial charge in [0.2, 0.25) is 0 Å². The standard InChI is InChI=1S/C31H36N6O/c1-19-13-26-27(34-19)15-21(17-33-26)20-6-7-28-22(14-20)18-37(11-12-38-28)30-23-16-31(2,3)9-8-24(23)35-29(36-30)25-5-4-10-32-25/h6-7,14-15,17,25,32H,4-5,8-13,16,18H2,1-3H3/t25-/m1/s1. The molecule has 1 aromatic carbocycles. The molecule has 7 heteroatoms. The van der Waals surface area contributed by atoms with Crippen molar-refractivity contribution in [2.45, 2.75) is 71.9 Å². The molecule has 1 saturated heterocycles. The average molecular weight is 509 g/mol. The molecule has 0 amide bonds. The molecule has 4 aliphatic rings. The van der Waals surface area contributed by atoms with Gasteiger partial charge in [-0.3, -0.25) is 9.98 Å². The van der Waals surface area contributed by atoms with Crippen LogP contribution in [0.5, 0.6) is 5.75 Å². The Balaban J connectivity index is 1.26. The zero-order valence-electron chi connectivity index (χ0n) is 22.7. The van der Waals surface area contributed by atoms with Crippen molar-refractivity contribution in [1.82, 2.24) is 20.3 Å². The van der Waals surface area contributed by atoms with Gasteiger partial charge in [-0.2, -0.15) is 0 Å². The zero-order chi connectivity index (χ0) is 25.9. The Labute approximate surface area is 224 Å². The quantitative estimate of drug-likeness (QED) is 0.502. The van der Waals surface area contributed by atoms with Crippen LogP contribution >= 0.6 is 0 Å². The summed E-state index contributed by atoms with van der Waals surface area (Å²) in [5.74, 6) is 3.03. The Morgan fingerprint density at radius 1 is 1.11 bits per heavy atom. The van der Waals surface area contributed by atoms with Gasteiger partial charge in [-0.05, 0) is 74.8 Å². The number of anilines is 1. The summed E-state index contributed by atoms with van der Waals surface area (Å²) in [7, 11) is 0. The van der Waals surface area contributed by atoms with Crippen molar-refractivity contribution in [3.63, 3.8) is 0 Å². The second-order valence-electron chi connectivity index (χ2n) is 12.1. The topological polar surface area (TPSA) is 75.5 Å². The molecule has 2 aromatic heterocycles. The van der Waals surface area contributed by atoms with Crippen molar-refractivity contribution in [2.24, 2.45) is 10.4 Å². The summed E-state index contributed by atoms with van der Waals surface area (Å²) >= 11 is 0. The minimum Gasteiger partial charge on any atom is -0.491 e. The summed E-state index contributed by atoms with van der Waals surface area (Å²) in [6.45, 7) is 10.1. The molecule has 0 saturated carbocycles. The van der Waals surface area contributed by atoms with E-state index < -0.39 is 0 Å². The fourth-order valence-electron chi connectivity index (χ4n) is 6.38. The van der Waals surface area contributed by atoms with Crippen LogP contribution < -0.4 is 15.0 Å². The van der Waals surface area contributed by atoms with E-state index in [0.717, 1.165) is 90.9 Å². The minimum absolute atomic E-state index is 0.257. The molecule has 1 atom stereocenters. The molecule has 0 spiro atoms. The fraction of sp³-hybridized carbons (Fsp3) is 0.484. The van der Waals surface area contributed by atoms with E-state index in [1.165, 1.54) is 29.7 Å². The van der Waals surface area contributed by atoms with Crippen LogP contribution in [-0.2, 0) is 25.8 Å². The molecule has 1 N–H and O–H groups in total. The maximum atomic E-state index is 6.26. The molecule has 3 aliphatic heterocycles. The Morgan fingerprint density at radius 2 is 2.03 bits per heavy atom. The first kappa shape index (κ1) is 23.8. The van der Waals surface area contributed by atoms with Gasteiger partial charge in [0, 0.05) is 47.3 Å². The first-order chi connectivity index (χ1) is 18.4. The third-order valence-electron chi connectivity index (χ3n) is 8.51. The van der Waals surface area contributed by atoms with Gasteiger partial charge in [0.15, 0.2) is 0 Å². The summed E-state index contributed by atoms with van der Waals surface area (Å²) in [6.07, 6.45) is 8.33. The van der Waals surface area contributed by atoms with Crippen molar-refractivity contribution < 1.29 is 4.74 Å². The Morgan fingerprint density at radius 3 is 2.89 bits per heavy atom. The predicted octanol–water partition coefficient (Wildman–Crippen LogP) is 5.53. The summed E-state index contributed by atoms with van der Waals surface area (Å²) in [5, 5.41) is 3.62. The normalized spacial score (nSPS) is 21.7. The summed E-state index contributed by atoms with van der Waals surface area (Å²) in [6, 6.07) is 8.94. The van der Waals surface area contributed by atoms with Gasteiger partial charge in [-0.15, -0.1) is 0 Å². The van der Waals surface area contributed by atoms with Crippen LogP contribution in [0.15, 0.2) is 35.5 Å². The number of hydrogen-bond donors (Lipinski definition) is 1. The van der Waals surface area contributed by atoms with Crippen molar-refractivity contribution in [3.8, 4) is 16.9 Å². The van der Waals surface area contributed by atoms with Crippen molar-refractivity contribution in [3.05, 3.63) is 58.8 Å². The van der Waals surface area contributed by atoms with Crippen LogP contribution in [0.25, 0.3) is 11.1 Å². The van der Waals surface area contributed by atoms with Crippen LogP contribution in [0.3, 0.4) is 0 Å². The van der Waals surface area contributed by atoms with E-state index in [1.807, 2.05) is 6.20 Å². The van der Waals surface area contributed by atoms with E-state index in [9.17, 15) is 0 Å². The van der Waals surface area contributed by atoms with E-state index in [2.05, 4.69) is 60.2 Å². The van der Waals surface area contributed by atoms with Crippen LogP contribution in [-0.4, -0.2) is 40.4 Å². The molecule has 0 bridgehead atoms. The molecule has 1 fully saturated rings. The summed E-state index contributed by atoms with van der Waals surface area (Å²) in [5.41, 5.74) is 9.45. The molecule has 3 aromatic rings. The highest BCUT2D eigenvalue weighted by Gasteiger charge is 2.33. The number of nitrogens with one attached hydrogen (secondary N) is 1. The number of nitrogens with zero attached hydrogens (tertiary/aromatic N) is 5. The number of rotatable bonds is 3. The van der Waals surface area contributed by atoms with Gasteiger partial charge < -0.3 is 15.0 Å². The van der Waals surface area contributed by atoms with Crippen LogP contribution in [0, 0.1) is 5.41 Å². The highest BCUT2D eigenvalue weighted by Crippen LogP contribution is 2.40. The van der Waals surface area contributed by atoms with Gasteiger partial charge in [0.25, 0.3) is 0 Å². The average Bonchev–Trinajstić information content (AvgIpc) is 3.51. The third kappa shape index (κ3) is 4.37. The second kappa shape index (κ2) is 9.16. The van der Waals surface area contributed by atoms with Crippen molar-refractivity contribution in [2.75, 3.05) is 24.6 Å². The minimum atomic E-state index is 0.257. The predicted molar refractivity (Wildman–Crippen MR) is 151 cm³/mol. The summed E-state index contributed by atoms with van der Waals surface area (Å²) in [4.78, 5) is 22.2. The smallest absolute Gasteiger partial charge is 0.147 e. The Hall–Kier alpha value is -3.32. The molecule has 196 valence electrons. The van der Waals surface area contributed by atoms with Gasteiger partial charge in [0.05, 0.1) is 24.0 Å². The highest BCUT2D eigenvalue weighted by molar-refractivity contribution is 5.92. The lowest BCUT2D eigenvalue weighted by atomic mass is 9.76. The second-order valence-corrected chi connectivity index (χ2v) is 12.1. The maximum Gasteiger partial charge on any atom is 0.147 e. The Bertz CT molecular complexity index is 1440. The molecule has 5 heterocycles. The van der Waals surface area contributed by atoms with Gasteiger partial charge in [-0.25, -0.2) is 9.97 Å². The largest absolute Gasteiger partial charge is 0.491 e. The fourth-order valence-corrected chi connectivity index (χ4v) is 6.38. The number of benzene rings is 1. The lowest BCUT2D eigenvalue weighted by Gasteiger charge is -2.34. The van der Waals surface area contributed by atoms with E-state index in [1.54, 1.807) is 0 Å². The van der Waals surface area contributed by atoms with Crippen LogP contribution in [0.2, 0.25) is 0 Å². The number of hydrogen-bond acceptors (Lipinski definition) is 7. The van der Waals surface area contributed by atoms with Crippen molar-refractivity contribution >= 4 is 17.2 Å². The first-order valence-electron chi connectivity index (χ1n) is 14.1. The maximum absolute atomic E-state index is 6.26. The van der Waals surface area contributed by atoms with Gasteiger partial charge >= 0.3 is 0 Å². The molecule has 7 nitrogen and oxygen atoms in total. The number of pyridine rings is 1. The van der Waals surface area contributed by atoms with Gasteiger partial charge in [0.1, 0.15) is 24.0 Å². The lowest BCUT2D eigenvalue weighted by Crippen LogP contribution is -2.32. The Kier molecular flexibility index (Phi) is 5.73. The van der Waals surface area contributed by atoms with E-state index >= 15 is 0 Å².